The van der Waals surface area contributed by atoms with Crippen molar-refractivity contribution in [1.29, 1.82) is 0 Å². The van der Waals surface area contributed by atoms with Crippen LogP contribution in [-0.4, -0.2) is 30.4 Å². The van der Waals surface area contributed by atoms with Crippen LogP contribution < -0.4 is 0 Å². The van der Waals surface area contributed by atoms with Crippen LogP contribution in [0.15, 0.2) is 29.3 Å². The van der Waals surface area contributed by atoms with Gasteiger partial charge in [0.15, 0.2) is 0 Å². The van der Waals surface area contributed by atoms with Crippen molar-refractivity contribution >= 4 is 5.84 Å². The molecule has 0 N–H and O–H groups in total. The van der Waals surface area contributed by atoms with Crippen LogP contribution in [0.5, 0.6) is 0 Å². The molecule has 0 radical (unpaired) electrons. The summed E-state index contributed by atoms with van der Waals surface area (Å²) in [6.45, 7) is 5.55. The molecule has 0 aromatic heterocycles. The molecule has 1 aromatic carbocycles. The zero-order chi connectivity index (χ0) is 12.4. The van der Waals surface area contributed by atoms with E-state index >= 15 is 0 Å². The summed E-state index contributed by atoms with van der Waals surface area (Å²) in [6, 6.07) is 8.88. The van der Waals surface area contributed by atoms with Crippen molar-refractivity contribution in [2.45, 2.75) is 38.5 Å². The van der Waals surface area contributed by atoms with Crippen molar-refractivity contribution in [1.82, 2.24) is 4.90 Å². The summed E-state index contributed by atoms with van der Waals surface area (Å²) in [7, 11) is 0. The number of rotatable bonds is 4. The minimum absolute atomic E-state index is 0.713. The van der Waals surface area contributed by atoms with Crippen LogP contribution in [-0.2, 0) is 0 Å². The molecule has 0 saturated heterocycles. The lowest BCUT2D eigenvalue weighted by Crippen LogP contribution is -2.38. The van der Waals surface area contributed by atoms with E-state index in [0.717, 1.165) is 13.1 Å². The van der Waals surface area contributed by atoms with Gasteiger partial charge in [0.2, 0.25) is 0 Å². The van der Waals surface area contributed by atoms with Gasteiger partial charge in [0.1, 0.15) is 5.84 Å². The average Bonchev–Trinajstić information content (AvgIpc) is 2.87. The van der Waals surface area contributed by atoms with Crippen LogP contribution in [0.3, 0.4) is 0 Å². The lowest BCUT2D eigenvalue weighted by Gasteiger charge is -2.34. The highest BCUT2D eigenvalue weighted by molar-refractivity contribution is 6.02. The van der Waals surface area contributed by atoms with E-state index in [0.29, 0.717) is 5.92 Å². The second-order valence-corrected chi connectivity index (χ2v) is 5.43. The minimum atomic E-state index is 0.713. The SMILES string of the molecule is CCCCCC1CN2CCN=C2c2ccccc21. The molecule has 0 saturated carbocycles. The van der Waals surface area contributed by atoms with Crippen molar-refractivity contribution in [3.8, 4) is 0 Å². The molecule has 2 heteroatoms. The van der Waals surface area contributed by atoms with Gasteiger partial charge in [0.05, 0.1) is 6.54 Å². The Morgan fingerprint density at radius 2 is 2.17 bits per heavy atom. The number of nitrogens with zero attached hydrogens (tertiary/aromatic N) is 2. The summed E-state index contributed by atoms with van der Waals surface area (Å²) in [5.74, 6) is 1.96. The van der Waals surface area contributed by atoms with Gasteiger partial charge in [-0.1, -0.05) is 50.5 Å². The van der Waals surface area contributed by atoms with E-state index in [4.69, 9.17) is 0 Å². The molecule has 2 nitrogen and oxygen atoms in total. The molecule has 0 amide bonds. The summed E-state index contributed by atoms with van der Waals surface area (Å²) in [5.41, 5.74) is 2.92. The molecule has 1 unspecified atom stereocenters. The van der Waals surface area contributed by atoms with Gasteiger partial charge in [-0.05, 0) is 12.0 Å². The normalized spacial score (nSPS) is 21.5. The van der Waals surface area contributed by atoms with E-state index in [9.17, 15) is 0 Å². The standard InChI is InChI=1S/C16H22N2/c1-2-3-4-7-13-12-18-11-10-17-16(18)15-9-6-5-8-14(13)15/h5-6,8-9,13H,2-4,7,10-12H2,1H3. The maximum atomic E-state index is 4.67. The molecule has 0 bridgehead atoms. The first-order valence-corrected chi connectivity index (χ1v) is 7.29. The lowest BCUT2D eigenvalue weighted by atomic mass is 9.86. The smallest absolute Gasteiger partial charge is 0.131 e. The van der Waals surface area contributed by atoms with Crippen molar-refractivity contribution in [2.75, 3.05) is 19.6 Å². The molecule has 0 spiro atoms. The summed E-state index contributed by atoms with van der Waals surface area (Å²) in [6.07, 6.45) is 5.36. The van der Waals surface area contributed by atoms with E-state index < -0.39 is 0 Å². The quantitative estimate of drug-likeness (QED) is 0.739. The molecular formula is C16H22N2. The predicted molar refractivity (Wildman–Crippen MR) is 76.3 cm³/mol. The Kier molecular flexibility index (Phi) is 3.35. The second kappa shape index (κ2) is 5.13. The molecule has 2 aliphatic rings. The number of amidine groups is 1. The third-order valence-electron chi connectivity index (χ3n) is 4.17. The van der Waals surface area contributed by atoms with Gasteiger partial charge >= 0.3 is 0 Å². The number of hydrogen-bond acceptors (Lipinski definition) is 2. The largest absolute Gasteiger partial charge is 0.354 e. The van der Waals surface area contributed by atoms with Crippen LogP contribution in [0, 0.1) is 0 Å². The molecule has 18 heavy (non-hydrogen) atoms. The summed E-state index contributed by atoms with van der Waals surface area (Å²) < 4.78 is 0. The third kappa shape index (κ3) is 2.05. The van der Waals surface area contributed by atoms with Crippen LogP contribution in [0.1, 0.15) is 49.7 Å². The van der Waals surface area contributed by atoms with Crippen LogP contribution in [0.2, 0.25) is 0 Å². The van der Waals surface area contributed by atoms with Crippen molar-refractivity contribution in [3.63, 3.8) is 0 Å². The number of benzene rings is 1. The van der Waals surface area contributed by atoms with E-state index in [-0.39, 0.29) is 0 Å². The van der Waals surface area contributed by atoms with Crippen LogP contribution >= 0.6 is 0 Å². The maximum absolute atomic E-state index is 4.67. The fourth-order valence-electron chi connectivity index (χ4n) is 3.22. The zero-order valence-corrected chi connectivity index (χ0v) is 11.2. The fourth-order valence-corrected chi connectivity index (χ4v) is 3.22. The Hall–Kier alpha value is -1.31. The van der Waals surface area contributed by atoms with Gasteiger partial charge in [0.25, 0.3) is 0 Å². The highest BCUT2D eigenvalue weighted by Crippen LogP contribution is 2.33. The van der Waals surface area contributed by atoms with E-state index in [1.54, 1.807) is 0 Å². The van der Waals surface area contributed by atoms with Gasteiger partial charge in [-0.3, -0.25) is 4.99 Å². The summed E-state index contributed by atoms with van der Waals surface area (Å²) in [5, 5.41) is 0. The van der Waals surface area contributed by atoms with Crippen molar-refractivity contribution in [2.24, 2.45) is 4.99 Å². The second-order valence-electron chi connectivity index (χ2n) is 5.43. The zero-order valence-electron chi connectivity index (χ0n) is 11.2. The molecule has 0 aliphatic carbocycles. The van der Waals surface area contributed by atoms with E-state index in [1.165, 1.54) is 49.2 Å². The Balaban J connectivity index is 1.85. The predicted octanol–water partition coefficient (Wildman–Crippen LogP) is 3.43. The topological polar surface area (TPSA) is 15.6 Å². The number of aliphatic imine (C=N–C) groups is 1. The number of hydrogen-bond donors (Lipinski definition) is 0. The van der Waals surface area contributed by atoms with Crippen LogP contribution in [0.4, 0.5) is 0 Å². The molecule has 0 fully saturated rings. The molecule has 2 aliphatic heterocycles. The fraction of sp³-hybridized carbons (Fsp3) is 0.562. The van der Waals surface area contributed by atoms with Gasteiger partial charge in [-0.25, -0.2) is 0 Å². The highest BCUT2D eigenvalue weighted by atomic mass is 15.2. The first-order valence-electron chi connectivity index (χ1n) is 7.29. The van der Waals surface area contributed by atoms with Crippen molar-refractivity contribution < 1.29 is 0 Å². The first kappa shape index (κ1) is 11.8. The van der Waals surface area contributed by atoms with Gasteiger partial charge < -0.3 is 4.90 Å². The summed E-state index contributed by atoms with van der Waals surface area (Å²) >= 11 is 0. The monoisotopic (exact) mass is 242 g/mol. The van der Waals surface area contributed by atoms with E-state index in [2.05, 4.69) is 41.1 Å². The Bertz CT molecular complexity index is 450. The minimum Gasteiger partial charge on any atom is -0.354 e. The third-order valence-corrected chi connectivity index (χ3v) is 4.17. The molecule has 1 atom stereocenters. The lowest BCUT2D eigenvalue weighted by molar-refractivity contribution is 0.383. The van der Waals surface area contributed by atoms with Gasteiger partial charge in [0, 0.05) is 24.6 Å². The molecule has 96 valence electrons. The Morgan fingerprint density at radius 3 is 3.06 bits per heavy atom. The Labute approximate surface area is 110 Å². The van der Waals surface area contributed by atoms with Crippen LogP contribution in [0.25, 0.3) is 0 Å². The first-order chi connectivity index (χ1) is 8.90. The van der Waals surface area contributed by atoms with Gasteiger partial charge in [-0.15, -0.1) is 0 Å². The molecule has 3 rings (SSSR count). The number of unbranched alkanes of at least 4 members (excludes halogenated alkanes) is 2. The summed E-state index contributed by atoms with van der Waals surface area (Å²) in [4.78, 5) is 7.16. The molecular weight excluding hydrogens is 220 g/mol. The maximum Gasteiger partial charge on any atom is 0.131 e. The highest BCUT2D eigenvalue weighted by Gasteiger charge is 2.30. The van der Waals surface area contributed by atoms with Gasteiger partial charge in [-0.2, -0.15) is 0 Å². The Morgan fingerprint density at radius 1 is 1.28 bits per heavy atom. The van der Waals surface area contributed by atoms with Crippen molar-refractivity contribution in [3.05, 3.63) is 35.4 Å². The van der Waals surface area contributed by atoms with E-state index in [1.807, 2.05) is 0 Å². The average molecular weight is 242 g/mol. The molecule has 2 heterocycles. The molecule has 1 aromatic rings. The number of fused-ring (bicyclic) bond motifs is 3.